The van der Waals surface area contributed by atoms with E-state index in [1.54, 1.807) is 0 Å². The summed E-state index contributed by atoms with van der Waals surface area (Å²) in [6, 6.07) is 4.33. The summed E-state index contributed by atoms with van der Waals surface area (Å²) in [5.41, 5.74) is 5.81. The molecule has 0 amide bonds. The summed E-state index contributed by atoms with van der Waals surface area (Å²) < 4.78 is 25.7. The van der Waals surface area contributed by atoms with Gasteiger partial charge in [-0.05, 0) is 24.6 Å². The molecule has 5 nitrogen and oxygen atoms in total. The van der Waals surface area contributed by atoms with E-state index in [9.17, 15) is 13.5 Å². The number of nitrogen functional groups attached to an aromatic ring is 1. The minimum atomic E-state index is -3.66. The lowest BCUT2D eigenvalue weighted by Crippen LogP contribution is -2.30. The molecule has 0 saturated carbocycles. The molecule has 1 heterocycles. The van der Waals surface area contributed by atoms with Gasteiger partial charge in [-0.25, -0.2) is 8.42 Å². The van der Waals surface area contributed by atoms with Crippen molar-refractivity contribution < 1.29 is 13.5 Å². The number of hydrogen-bond donors (Lipinski definition) is 2. The maximum atomic E-state index is 12.2. The van der Waals surface area contributed by atoms with Crippen molar-refractivity contribution in [3.8, 4) is 0 Å². The van der Waals surface area contributed by atoms with Crippen molar-refractivity contribution >= 4 is 27.3 Å². The molecule has 0 aliphatic carbocycles. The summed E-state index contributed by atoms with van der Waals surface area (Å²) in [6.45, 7) is 0.406. The fraction of sp³-hybridized carbons (Fsp3) is 0.400. The molecule has 0 spiro atoms. The number of anilines is 1. The van der Waals surface area contributed by atoms with Gasteiger partial charge in [-0.3, -0.25) is 0 Å². The first-order valence-electron chi connectivity index (χ1n) is 5.14. The molecule has 1 aliphatic rings. The second-order valence-corrected chi connectivity index (χ2v) is 6.33. The van der Waals surface area contributed by atoms with Gasteiger partial charge in [0.2, 0.25) is 10.0 Å². The van der Waals surface area contributed by atoms with Gasteiger partial charge in [-0.2, -0.15) is 4.31 Å². The normalized spacial score (nSPS) is 21.9. The molecule has 2 rings (SSSR count). The van der Waals surface area contributed by atoms with Crippen molar-refractivity contribution in [1.29, 1.82) is 0 Å². The predicted molar refractivity (Wildman–Crippen MR) is 65.2 cm³/mol. The molecular formula is C10H13ClN2O3S. The Bertz CT molecular complexity index is 532. The standard InChI is InChI=1S/C10H13ClN2O3S/c11-7-1-2-9(12)10(5-7)17(15,16)13-4-3-8(14)6-13/h1-2,5,8,14H,3-4,6,12H2/t8-/m1/s1. The molecule has 1 aromatic rings. The maximum Gasteiger partial charge on any atom is 0.245 e. The summed E-state index contributed by atoms with van der Waals surface area (Å²) >= 11 is 5.77. The largest absolute Gasteiger partial charge is 0.398 e. The Kier molecular flexibility index (Phi) is 3.31. The van der Waals surface area contributed by atoms with E-state index in [1.165, 1.54) is 22.5 Å². The lowest BCUT2D eigenvalue weighted by molar-refractivity contribution is 0.189. The van der Waals surface area contributed by atoms with Crippen LogP contribution in [-0.2, 0) is 10.0 Å². The molecular weight excluding hydrogens is 264 g/mol. The van der Waals surface area contributed by atoms with Gasteiger partial charge in [-0.1, -0.05) is 11.6 Å². The number of β-amino-alcohol motifs (C(OH)–C–C–N with tert-alkyl or cyclic N) is 1. The zero-order chi connectivity index (χ0) is 12.6. The minimum Gasteiger partial charge on any atom is -0.398 e. The number of rotatable bonds is 2. The van der Waals surface area contributed by atoms with Crippen LogP contribution < -0.4 is 5.73 Å². The number of aliphatic hydroxyl groups is 1. The van der Waals surface area contributed by atoms with Crippen LogP contribution in [-0.4, -0.2) is 37.0 Å². The topological polar surface area (TPSA) is 83.6 Å². The zero-order valence-corrected chi connectivity index (χ0v) is 10.6. The molecule has 1 aliphatic heterocycles. The van der Waals surface area contributed by atoms with E-state index in [1.807, 2.05) is 0 Å². The lowest BCUT2D eigenvalue weighted by Gasteiger charge is -2.17. The fourth-order valence-corrected chi connectivity index (χ4v) is 3.67. The molecule has 94 valence electrons. The molecule has 0 bridgehead atoms. The van der Waals surface area contributed by atoms with Gasteiger partial charge in [0.25, 0.3) is 0 Å². The molecule has 0 aromatic heterocycles. The smallest absolute Gasteiger partial charge is 0.245 e. The molecule has 1 saturated heterocycles. The van der Waals surface area contributed by atoms with E-state index in [0.29, 0.717) is 18.0 Å². The van der Waals surface area contributed by atoms with Crippen molar-refractivity contribution in [2.24, 2.45) is 0 Å². The van der Waals surface area contributed by atoms with E-state index >= 15 is 0 Å². The van der Waals surface area contributed by atoms with Crippen LogP contribution in [0, 0.1) is 0 Å². The number of nitrogens with zero attached hydrogens (tertiary/aromatic N) is 1. The average Bonchev–Trinajstić information content (AvgIpc) is 2.69. The monoisotopic (exact) mass is 276 g/mol. The number of aliphatic hydroxyl groups excluding tert-OH is 1. The van der Waals surface area contributed by atoms with Crippen molar-refractivity contribution in [3.63, 3.8) is 0 Å². The van der Waals surface area contributed by atoms with Crippen molar-refractivity contribution in [1.82, 2.24) is 4.31 Å². The highest BCUT2D eigenvalue weighted by Gasteiger charge is 2.32. The van der Waals surface area contributed by atoms with Gasteiger partial charge >= 0.3 is 0 Å². The van der Waals surface area contributed by atoms with Crippen LogP contribution in [0.2, 0.25) is 5.02 Å². The van der Waals surface area contributed by atoms with Gasteiger partial charge in [0.15, 0.2) is 0 Å². The predicted octanol–water partition coefficient (Wildman–Crippen LogP) is 0.678. The summed E-state index contributed by atoms with van der Waals surface area (Å²) in [5, 5.41) is 9.69. The van der Waals surface area contributed by atoms with Crippen LogP contribution in [0.1, 0.15) is 6.42 Å². The van der Waals surface area contributed by atoms with Crippen LogP contribution in [0.4, 0.5) is 5.69 Å². The number of benzene rings is 1. The summed E-state index contributed by atoms with van der Waals surface area (Å²) in [4.78, 5) is -0.000833. The summed E-state index contributed by atoms with van der Waals surface area (Å²) in [6.07, 6.45) is -0.162. The van der Waals surface area contributed by atoms with Crippen LogP contribution in [0.5, 0.6) is 0 Å². The Hall–Kier alpha value is -0.820. The highest BCUT2D eigenvalue weighted by molar-refractivity contribution is 7.89. The average molecular weight is 277 g/mol. The van der Waals surface area contributed by atoms with E-state index < -0.39 is 16.1 Å². The molecule has 3 N–H and O–H groups in total. The fourth-order valence-electron chi connectivity index (χ4n) is 1.80. The molecule has 0 radical (unpaired) electrons. The number of halogens is 1. The van der Waals surface area contributed by atoms with Crippen LogP contribution in [0.15, 0.2) is 23.1 Å². The third-order valence-corrected chi connectivity index (χ3v) is 4.88. The Morgan fingerprint density at radius 3 is 2.76 bits per heavy atom. The third kappa shape index (κ3) is 2.40. The van der Waals surface area contributed by atoms with Crippen molar-refractivity contribution in [2.75, 3.05) is 18.8 Å². The first-order valence-corrected chi connectivity index (χ1v) is 6.96. The van der Waals surface area contributed by atoms with Crippen LogP contribution in [0.3, 0.4) is 0 Å². The number of hydrogen-bond acceptors (Lipinski definition) is 4. The highest BCUT2D eigenvalue weighted by Crippen LogP contribution is 2.27. The Morgan fingerprint density at radius 2 is 2.18 bits per heavy atom. The number of sulfonamides is 1. The van der Waals surface area contributed by atoms with E-state index in [2.05, 4.69) is 0 Å². The molecule has 1 atom stereocenters. The van der Waals surface area contributed by atoms with Crippen molar-refractivity contribution in [3.05, 3.63) is 23.2 Å². The summed E-state index contributed by atoms with van der Waals surface area (Å²) in [7, 11) is -3.66. The van der Waals surface area contributed by atoms with Gasteiger partial charge in [0, 0.05) is 18.1 Å². The Balaban J connectivity index is 2.41. The van der Waals surface area contributed by atoms with Gasteiger partial charge in [-0.15, -0.1) is 0 Å². The molecule has 1 fully saturated rings. The van der Waals surface area contributed by atoms with E-state index in [-0.39, 0.29) is 17.1 Å². The van der Waals surface area contributed by atoms with Crippen molar-refractivity contribution in [2.45, 2.75) is 17.4 Å². The molecule has 1 aromatic carbocycles. The van der Waals surface area contributed by atoms with Crippen LogP contribution >= 0.6 is 11.6 Å². The van der Waals surface area contributed by atoms with Gasteiger partial charge in [0.1, 0.15) is 4.90 Å². The lowest BCUT2D eigenvalue weighted by atomic mass is 10.3. The molecule has 7 heteroatoms. The first-order chi connectivity index (χ1) is 7.91. The van der Waals surface area contributed by atoms with Gasteiger partial charge in [0.05, 0.1) is 11.8 Å². The second-order valence-electron chi connectivity index (χ2n) is 3.99. The SMILES string of the molecule is Nc1ccc(Cl)cc1S(=O)(=O)N1CC[C@@H](O)C1. The van der Waals surface area contributed by atoms with Crippen LogP contribution in [0.25, 0.3) is 0 Å². The Labute approximate surface area is 105 Å². The first kappa shape index (κ1) is 12.6. The maximum absolute atomic E-state index is 12.2. The van der Waals surface area contributed by atoms with Gasteiger partial charge < -0.3 is 10.8 Å². The van der Waals surface area contributed by atoms with E-state index in [0.717, 1.165) is 0 Å². The molecule has 0 unspecified atom stereocenters. The zero-order valence-electron chi connectivity index (χ0n) is 9.01. The Morgan fingerprint density at radius 1 is 1.47 bits per heavy atom. The third-order valence-electron chi connectivity index (χ3n) is 2.72. The quantitative estimate of drug-likeness (QED) is 0.778. The van der Waals surface area contributed by atoms with E-state index in [4.69, 9.17) is 17.3 Å². The minimum absolute atomic E-state index is 0.000833. The number of nitrogens with two attached hydrogens (primary N) is 1. The second kappa shape index (κ2) is 4.45. The summed E-state index contributed by atoms with van der Waals surface area (Å²) in [5.74, 6) is 0. The highest BCUT2D eigenvalue weighted by atomic mass is 35.5. The molecule has 17 heavy (non-hydrogen) atoms.